The third kappa shape index (κ3) is 5.50. The van der Waals surface area contributed by atoms with Gasteiger partial charge in [0.25, 0.3) is 0 Å². The number of benzene rings is 3. The lowest BCUT2D eigenvalue weighted by atomic mass is 9.93. The van der Waals surface area contributed by atoms with Crippen LogP contribution in [0.2, 0.25) is 0 Å². The molecule has 0 aliphatic heterocycles. The van der Waals surface area contributed by atoms with E-state index in [1.165, 1.54) is 24.3 Å². The van der Waals surface area contributed by atoms with Crippen LogP contribution in [0, 0.1) is 11.2 Å². The van der Waals surface area contributed by atoms with Gasteiger partial charge in [-0.1, -0.05) is 51.1 Å². The predicted molar refractivity (Wildman–Crippen MR) is 128 cm³/mol. The molecule has 2 atom stereocenters. The molecule has 3 aromatic carbocycles. The highest BCUT2D eigenvalue weighted by Gasteiger charge is 2.48. The summed E-state index contributed by atoms with van der Waals surface area (Å²) in [7, 11) is 0. The van der Waals surface area contributed by atoms with E-state index >= 15 is 0 Å². The number of carbonyl (C=O) groups excluding carboxylic acids is 1. The molecular weight excluding hydrogens is 474 g/mol. The number of rotatable bonds is 6. The molecule has 1 amide bonds. The van der Waals surface area contributed by atoms with Crippen molar-refractivity contribution in [2.24, 2.45) is 5.41 Å². The normalized spacial score (nSPS) is 13.9. The fourth-order valence-electron chi connectivity index (χ4n) is 3.68. The van der Waals surface area contributed by atoms with Gasteiger partial charge in [-0.15, -0.1) is 0 Å². The monoisotopic (exact) mass is 499 g/mol. The molecule has 188 valence electrons. The van der Waals surface area contributed by atoms with Crippen molar-refractivity contribution in [2.45, 2.75) is 39.1 Å². The first kappa shape index (κ1) is 25.2. The third-order valence-electron chi connectivity index (χ3n) is 5.63. The summed E-state index contributed by atoms with van der Waals surface area (Å²) in [5.74, 6) is -0.949. The molecule has 1 heterocycles. The number of hydrogen-bond acceptors (Lipinski definition) is 3. The lowest BCUT2D eigenvalue weighted by Crippen LogP contribution is -2.53. The van der Waals surface area contributed by atoms with E-state index in [1.807, 2.05) is 0 Å². The molecular formula is C27H25F4N3O2. The third-order valence-corrected chi connectivity index (χ3v) is 5.63. The SMILES string of the molecule is CC(C)(C)C(=O)NC(C(Oc1ccc2c(cnn2-c2ccc(F)cc2)c1)c1ccccc1)C(F)(F)F. The number of hydrogen-bond donors (Lipinski definition) is 1. The number of ether oxygens (including phenoxy) is 1. The molecule has 0 aliphatic rings. The van der Waals surface area contributed by atoms with Gasteiger partial charge in [0, 0.05) is 10.8 Å². The molecule has 2 unspecified atom stereocenters. The summed E-state index contributed by atoms with van der Waals surface area (Å²) >= 11 is 0. The second-order valence-corrected chi connectivity index (χ2v) is 9.45. The van der Waals surface area contributed by atoms with Gasteiger partial charge in [-0.2, -0.15) is 18.3 Å². The molecule has 0 radical (unpaired) electrons. The first-order valence-electron chi connectivity index (χ1n) is 11.3. The minimum Gasteiger partial charge on any atom is -0.483 e. The number of nitrogens with zero attached hydrogens (tertiary/aromatic N) is 2. The van der Waals surface area contributed by atoms with Gasteiger partial charge in [-0.25, -0.2) is 9.07 Å². The summed E-state index contributed by atoms with van der Waals surface area (Å²) < 4.78 is 63.5. The number of fused-ring (bicyclic) bond motifs is 1. The number of carbonyl (C=O) groups is 1. The van der Waals surface area contributed by atoms with Crippen LogP contribution in [0.1, 0.15) is 32.4 Å². The Morgan fingerprint density at radius 2 is 1.64 bits per heavy atom. The largest absolute Gasteiger partial charge is 0.483 e. The number of halogens is 4. The van der Waals surface area contributed by atoms with Gasteiger partial charge in [0.2, 0.25) is 5.91 Å². The van der Waals surface area contributed by atoms with Crippen LogP contribution in [-0.2, 0) is 4.79 Å². The van der Waals surface area contributed by atoms with E-state index in [9.17, 15) is 22.4 Å². The molecule has 1 aromatic heterocycles. The summed E-state index contributed by atoms with van der Waals surface area (Å²) in [5.41, 5.74) is 0.525. The maximum Gasteiger partial charge on any atom is 0.412 e. The quantitative estimate of drug-likeness (QED) is 0.313. The van der Waals surface area contributed by atoms with Crippen molar-refractivity contribution in [2.75, 3.05) is 0 Å². The highest BCUT2D eigenvalue weighted by molar-refractivity contribution is 5.82. The maximum atomic E-state index is 14.2. The topological polar surface area (TPSA) is 56.1 Å². The van der Waals surface area contributed by atoms with E-state index in [1.54, 1.807) is 80.2 Å². The first-order valence-corrected chi connectivity index (χ1v) is 11.3. The Hall–Kier alpha value is -3.88. The fraction of sp³-hybridized carbons (Fsp3) is 0.259. The van der Waals surface area contributed by atoms with Crippen molar-refractivity contribution in [1.82, 2.24) is 15.1 Å². The van der Waals surface area contributed by atoms with Crippen LogP contribution < -0.4 is 10.1 Å². The van der Waals surface area contributed by atoms with Crippen molar-refractivity contribution in [3.63, 3.8) is 0 Å². The summed E-state index contributed by atoms with van der Waals surface area (Å²) in [5, 5.41) is 7.08. The highest BCUT2D eigenvalue weighted by atomic mass is 19.4. The Labute approximate surface area is 205 Å². The van der Waals surface area contributed by atoms with Gasteiger partial charge in [0.05, 0.1) is 17.4 Å². The van der Waals surface area contributed by atoms with E-state index in [-0.39, 0.29) is 17.1 Å². The molecule has 9 heteroatoms. The number of nitrogens with one attached hydrogen (secondary N) is 1. The van der Waals surface area contributed by atoms with Crippen LogP contribution >= 0.6 is 0 Å². The van der Waals surface area contributed by atoms with E-state index in [0.29, 0.717) is 16.6 Å². The molecule has 4 aromatic rings. The van der Waals surface area contributed by atoms with Crippen LogP contribution in [0.15, 0.2) is 79.0 Å². The molecule has 5 nitrogen and oxygen atoms in total. The minimum absolute atomic E-state index is 0.175. The van der Waals surface area contributed by atoms with E-state index in [2.05, 4.69) is 10.4 Å². The molecule has 36 heavy (non-hydrogen) atoms. The second kappa shape index (κ2) is 9.64. The van der Waals surface area contributed by atoms with Gasteiger partial charge >= 0.3 is 6.18 Å². The molecule has 0 saturated heterocycles. The Kier molecular flexibility index (Phi) is 6.75. The van der Waals surface area contributed by atoms with Crippen LogP contribution in [0.3, 0.4) is 0 Å². The van der Waals surface area contributed by atoms with Crippen LogP contribution in [0.4, 0.5) is 17.6 Å². The smallest absolute Gasteiger partial charge is 0.412 e. The molecule has 1 N–H and O–H groups in total. The maximum absolute atomic E-state index is 14.2. The Morgan fingerprint density at radius 3 is 2.25 bits per heavy atom. The Balaban J connectivity index is 1.71. The molecule has 4 rings (SSSR count). The zero-order valence-electron chi connectivity index (χ0n) is 19.9. The first-order chi connectivity index (χ1) is 16.9. The highest BCUT2D eigenvalue weighted by Crippen LogP contribution is 2.36. The van der Waals surface area contributed by atoms with Crippen molar-refractivity contribution in [3.8, 4) is 11.4 Å². The van der Waals surface area contributed by atoms with Gasteiger partial charge < -0.3 is 10.1 Å². The van der Waals surface area contributed by atoms with Crippen LogP contribution in [0.25, 0.3) is 16.6 Å². The lowest BCUT2D eigenvalue weighted by molar-refractivity contribution is -0.181. The van der Waals surface area contributed by atoms with E-state index in [4.69, 9.17) is 4.74 Å². The van der Waals surface area contributed by atoms with Gasteiger partial charge in [-0.05, 0) is 48.0 Å². The zero-order chi connectivity index (χ0) is 26.1. The van der Waals surface area contributed by atoms with E-state index in [0.717, 1.165) is 0 Å². The zero-order valence-corrected chi connectivity index (χ0v) is 19.9. The predicted octanol–water partition coefficient (Wildman–Crippen LogP) is 6.38. The van der Waals surface area contributed by atoms with Crippen molar-refractivity contribution >= 4 is 16.8 Å². The van der Waals surface area contributed by atoms with Crippen molar-refractivity contribution in [1.29, 1.82) is 0 Å². The molecule has 0 fully saturated rings. The van der Waals surface area contributed by atoms with Crippen LogP contribution in [-0.4, -0.2) is 27.9 Å². The number of aromatic nitrogens is 2. The molecule has 0 aliphatic carbocycles. The Bertz CT molecular complexity index is 1340. The number of alkyl halides is 3. The van der Waals surface area contributed by atoms with Gasteiger partial charge in [0.1, 0.15) is 11.6 Å². The summed E-state index contributed by atoms with van der Waals surface area (Å²) in [4.78, 5) is 12.5. The molecule has 0 saturated carbocycles. The lowest BCUT2D eigenvalue weighted by Gasteiger charge is -2.32. The minimum atomic E-state index is -4.78. The average Bonchev–Trinajstić information content (AvgIpc) is 3.24. The summed E-state index contributed by atoms with van der Waals surface area (Å²) in [6.45, 7) is 4.63. The fourth-order valence-corrected chi connectivity index (χ4v) is 3.68. The molecule has 0 bridgehead atoms. The Morgan fingerprint density at radius 1 is 0.972 bits per heavy atom. The second-order valence-electron chi connectivity index (χ2n) is 9.45. The average molecular weight is 500 g/mol. The standard InChI is InChI=1S/C27H25F4N3O2/c1-26(2,3)25(35)33-24(27(29,30)31)23(17-7-5-4-6-8-17)36-21-13-14-22-18(15-21)16-32-34(22)20-11-9-19(28)10-12-20/h4-16,23-24H,1-3H3,(H,33,35). The summed E-state index contributed by atoms with van der Waals surface area (Å²) in [6, 6.07) is 16.2. The van der Waals surface area contributed by atoms with Gasteiger partial charge in [-0.3, -0.25) is 4.79 Å². The summed E-state index contributed by atoms with van der Waals surface area (Å²) in [6.07, 6.45) is -4.77. The molecule has 0 spiro atoms. The van der Waals surface area contributed by atoms with Crippen molar-refractivity contribution < 1.29 is 27.1 Å². The van der Waals surface area contributed by atoms with Gasteiger partial charge in [0.15, 0.2) is 12.1 Å². The van der Waals surface area contributed by atoms with Crippen molar-refractivity contribution in [3.05, 3.63) is 90.4 Å². The van der Waals surface area contributed by atoms with E-state index < -0.39 is 29.6 Å². The number of amides is 1. The van der Waals surface area contributed by atoms with Crippen LogP contribution in [0.5, 0.6) is 5.75 Å².